The van der Waals surface area contributed by atoms with Crippen LogP contribution in [0.4, 0.5) is 10.1 Å². The summed E-state index contributed by atoms with van der Waals surface area (Å²) in [4.78, 5) is 0. The van der Waals surface area contributed by atoms with Gasteiger partial charge in [-0.15, -0.1) is 0 Å². The van der Waals surface area contributed by atoms with Crippen molar-refractivity contribution >= 4 is 5.69 Å². The minimum absolute atomic E-state index is 0.0856. The largest absolute Gasteiger partial charge is 0.396 e. The van der Waals surface area contributed by atoms with Crippen LogP contribution < -0.4 is 11.1 Å². The van der Waals surface area contributed by atoms with E-state index in [-0.39, 0.29) is 5.69 Å². The Bertz CT molecular complexity index is 378. The summed E-state index contributed by atoms with van der Waals surface area (Å²) in [5.41, 5.74) is 6.22. The lowest BCUT2D eigenvalue weighted by Crippen LogP contribution is -2.30. The molecule has 1 aliphatic rings. The topological polar surface area (TPSA) is 58.3 Å². The lowest BCUT2D eigenvalue weighted by atomic mass is 10.1. The number of rotatable bonds is 4. The van der Waals surface area contributed by atoms with Gasteiger partial charge in [-0.05, 0) is 30.5 Å². The van der Waals surface area contributed by atoms with Crippen LogP contribution in [0.15, 0.2) is 18.2 Å². The molecule has 1 aromatic carbocycles. The summed E-state index contributed by atoms with van der Waals surface area (Å²) in [5, 5.41) is 13.3. The van der Waals surface area contributed by atoms with Crippen LogP contribution in [0.3, 0.4) is 0 Å². The average Bonchev–Trinajstić information content (AvgIpc) is 2.82. The fraction of sp³-hybridized carbons (Fsp3) is 0.538. The number of anilines is 1. The Balaban J connectivity index is 1.89. The fourth-order valence-corrected chi connectivity index (χ4v) is 2.30. The fourth-order valence-electron chi connectivity index (χ4n) is 2.30. The zero-order valence-electron chi connectivity index (χ0n) is 9.82. The molecule has 1 aromatic rings. The van der Waals surface area contributed by atoms with Crippen molar-refractivity contribution in [2.24, 2.45) is 0 Å². The van der Waals surface area contributed by atoms with Gasteiger partial charge in [-0.1, -0.05) is 18.9 Å². The number of hydrogen-bond acceptors (Lipinski definition) is 3. The van der Waals surface area contributed by atoms with Crippen molar-refractivity contribution in [1.82, 2.24) is 5.32 Å². The van der Waals surface area contributed by atoms with Gasteiger partial charge < -0.3 is 16.2 Å². The van der Waals surface area contributed by atoms with Gasteiger partial charge in [-0.25, -0.2) is 4.39 Å². The van der Waals surface area contributed by atoms with Gasteiger partial charge in [-0.3, -0.25) is 0 Å². The molecule has 4 N–H and O–H groups in total. The molecule has 0 radical (unpaired) electrons. The second-order valence-electron chi connectivity index (χ2n) is 4.69. The van der Waals surface area contributed by atoms with Gasteiger partial charge in [0.1, 0.15) is 5.82 Å². The van der Waals surface area contributed by atoms with Gasteiger partial charge in [-0.2, -0.15) is 0 Å². The lowest BCUT2D eigenvalue weighted by molar-refractivity contribution is 0.170. The highest BCUT2D eigenvalue weighted by Crippen LogP contribution is 2.21. The highest BCUT2D eigenvalue weighted by Gasteiger charge is 2.16. The smallest absolute Gasteiger partial charge is 0.146 e. The number of nitrogen functional groups attached to an aromatic ring is 1. The van der Waals surface area contributed by atoms with Crippen molar-refractivity contribution in [2.45, 2.75) is 37.8 Å². The van der Waals surface area contributed by atoms with Crippen LogP contribution in [0.5, 0.6) is 0 Å². The SMILES string of the molecule is Nc1cc(C(O)CNC2CCCC2)ccc1F. The molecular weight excluding hydrogens is 219 g/mol. The maximum Gasteiger partial charge on any atom is 0.146 e. The predicted octanol–water partition coefficient (Wildman–Crippen LogP) is 1.97. The molecule has 0 spiro atoms. The van der Waals surface area contributed by atoms with E-state index in [1.807, 2.05) is 0 Å². The number of aliphatic hydroxyl groups is 1. The quantitative estimate of drug-likeness (QED) is 0.703. The van der Waals surface area contributed by atoms with Gasteiger partial charge in [0.25, 0.3) is 0 Å². The Morgan fingerprint density at radius 1 is 1.41 bits per heavy atom. The molecule has 94 valence electrons. The second-order valence-corrected chi connectivity index (χ2v) is 4.69. The molecule has 0 amide bonds. The number of halogens is 1. The summed E-state index contributed by atoms with van der Waals surface area (Å²) in [7, 11) is 0. The summed E-state index contributed by atoms with van der Waals surface area (Å²) < 4.78 is 13.0. The van der Waals surface area contributed by atoms with E-state index in [1.54, 1.807) is 6.07 Å². The number of nitrogens with one attached hydrogen (secondary N) is 1. The maximum atomic E-state index is 13.0. The van der Waals surface area contributed by atoms with E-state index in [0.717, 1.165) is 0 Å². The van der Waals surface area contributed by atoms with E-state index >= 15 is 0 Å². The Kier molecular flexibility index (Phi) is 3.97. The molecule has 2 rings (SSSR count). The summed E-state index contributed by atoms with van der Waals surface area (Å²) in [6, 6.07) is 4.88. The first kappa shape index (κ1) is 12.3. The van der Waals surface area contributed by atoms with E-state index in [2.05, 4.69) is 5.32 Å². The third kappa shape index (κ3) is 3.17. The van der Waals surface area contributed by atoms with E-state index in [9.17, 15) is 9.50 Å². The van der Waals surface area contributed by atoms with Crippen LogP contribution in [0.25, 0.3) is 0 Å². The zero-order chi connectivity index (χ0) is 12.3. The first-order chi connectivity index (χ1) is 8.16. The van der Waals surface area contributed by atoms with Gasteiger partial charge in [0, 0.05) is 12.6 Å². The van der Waals surface area contributed by atoms with E-state index in [4.69, 9.17) is 5.73 Å². The van der Waals surface area contributed by atoms with Gasteiger partial charge in [0.15, 0.2) is 0 Å². The highest BCUT2D eigenvalue weighted by atomic mass is 19.1. The molecule has 1 aliphatic carbocycles. The van der Waals surface area contributed by atoms with Gasteiger partial charge in [0.05, 0.1) is 11.8 Å². The molecular formula is C13H19FN2O. The van der Waals surface area contributed by atoms with Gasteiger partial charge >= 0.3 is 0 Å². The summed E-state index contributed by atoms with van der Waals surface area (Å²) >= 11 is 0. The summed E-state index contributed by atoms with van der Waals surface area (Å²) in [5.74, 6) is -0.440. The van der Waals surface area contributed by atoms with Crippen LogP contribution in [-0.4, -0.2) is 17.7 Å². The maximum absolute atomic E-state index is 13.0. The van der Waals surface area contributed by atoms with Crippen molar-refractivity contribution in [3.05, 3.63) is 29.6 Å². The van der Waals surface area contributed by atoms with Crippen molar-refractivity contribution in [3.8, 4) is 0 Å². The van der Waals surface area contributed by atoms with Crippen LogP contribution in [0.1, 0.15) is 37.4 Å². The monoisotopic (exact) mass is 238 g/mol. The molecule has 1 atom stereocenters. The highest BCUT2D eigenvalue weighted by molar-refractivity contribution is 5.43. The Morgan fingerprint density at radius 3 is 2.76 bits per heavy atom. The normalized spacial score (nSPS) is 18.5. The molecule has 4 heteroatoms. The van der Waals surface area contributed by atoms with Crippen molar-refractivity contribution < 1.29 is 9.50 Å². The molecule has 1 unspecified atom stereocenters. The van der Waals surface area contributed by atoms with Crippen molar-refractivity contribution in [2.75, 3.05) is 12.3 Å². The minimum atomic E-state index is -0.626. The van der Waals surface area contributed by atoms with Crippen molar-refractivity contribution in [1.29, 1.82) is 0 Å². The van der Waals surface area contributed by atoms with Crippen LogP contribution in [-0.2, 0) is 0 Å². The molecule has 3 nitrogen and oxygen atoms in total. The summed E-state index contributed by atoms with van der Waals surface area (Å²) in [6.45, 7) is 0.496. The van der Waals surface area contributed by atoms with Gasteiger partial charge in [0.2, 0.25) is 0 Å². The Morgan fingerprint density at radius 2 is 2.12 bits per heavy atom. The predicted molar refractivity (Wildman–Crippen MR) is 66.0 cm³/mol. The van der Waals surface area contributed by atoms with Crippen LogP contribution in [0, 0.1) is 5.82 Å². The molecule has 1 fully saturated rings. The van der Waals surface area contributed by atoms with Crippen LogP contribution in [0.2, 0.25) is 0 Å². The van der Waals surface area contributed by atoms with E-state index in [0.29, 0.717) is 18.2 Å². The molecule has 1 saturated carbocycles. The van der Waals surface area contributed by atoms with Crippen molar-refractivity contribution in [3.63, 3.8) is 0 Å². The molecule has 0 bridgehead atoms. The van der Waals surface area contributed by atoms with E-state index < -0.39 is 11.9 Å². The average molecular weight is 238 g/mol. The second kappa shape index (κ2) is 5.47. The van der Waals surface area contributed by atoms with Crippen LogP contribution >= 0.6 is 0 Å². The molecule has 0 heterocycles. The minimum Gasteiger partial charge on any atom is -0.396 e. The first-order valence-electron chi connectivity index (χ1n) is 6.13. The number of aliphatic hydroxyl groups excluding tert-OH is 1. The summed E-state index contributed by atoms with van der Waals surface area (Å²) in [6.07, 6.45) is 4.25. The number of nitrogens with two attached hydrogens (primary N) is 1. The lowest BCUT2D eigenvalue weighted by Gasteiger charge is -2.16. The standard InChI is InChI=1S/C13H19FN2O/c14-11-6-5-9(7-12(11)15)13(17)8-16-10-3-1-2-4-10/h5-7,10,13,16-17H,1-4,8,15H2. The molecule has 0 saturated heterocycles. The first-order valence-corrected chi connectivity index (χ1v) is 6.13. The Hall–Kier alpha value is -1.13. The Labute approximate surface area is 101 Å². The molecule has 0 aromatic heterocycles. The molecule has 0 aliphatic heterocycles. The molecule has 17 heavy (non-hydrogen) atoms. The third-order valence-corrected chi connectivity index (χ3v) is 3.36. The number of benzene rings is 1. The van der Waals surface area contributed by atoms with E-state index in [1.165, 1.54) is 37.8 Å². The number of hydrogen-bond donors (Lipinski definition) is 3. The third-order valence-electron chi connectivity index (χ3n) is 3.36. The zero-order valence-corrected chi connectivity index (χ0v) is 9.82.